The lowest BCUT2D eigenvalue weighted by Gasteiger charge is -2.42. The zero-order chi connectivity index (χ0) is 31.4. The van der Waals surface area contributed by atoms with Crippen LogP contribution < -0.4 is 10.6 Å². The largest absolute Gasteiger partial charge is 0.471 e. The number of alkyl halides is 3. The third-order valence-corrected chi connectivity index (χ3v) is 8.02. The topological polar surface area (TPSA) is 102 Å². The minimum absolute atomic E-state index is 0.0393. The average Bonchev–Trinajstić information content (AvgIpc) is 3.75. The Kier molecular flexibility index (Phi) is 9.19. The monoisotopic (exact) mass is 612 g/mol. The number of carbonyl (C=O) groups is 3. The number of hydrogen-bond donors (Lipinski definition) is 3. The van der Waals surface area contributed by atoms with Crippen LogP contribution in [0.1, 0.15) is 40.2 Å². The highest BCUT2D eigenvalue weighted by molar-refractivity contribution is 6.06. The second-order valence-corrected chi connectivity index (χ2v) is 11.3. The number of carbonyl (C=O) groups excluding carboxylic acids is 2. The van der Waals surface area contributed by atoms with Gasteiger partial charge in [-0.15, -0.1) is 0 Å². The normalized spacial score (nSPS) is 18.3. The van der Waals surface area contributed by atoms with Gasteiger partial charge in [-0.25, -0.2) is 9.18 Å². The van der Waals surface area contributed by atoms with Gasteiger partial charge in [0, 0.05) is 43.1 Å². The number of carboxylic acid groups (broad SMARTS) is 1. The van der Waals surface area contributed by atoms with Gasteiger partial charge in [0.1, 0.15) is 5.82 Å². The number of likely N-dealkylation sites (tertiary alicyclic amines) is 1. The quantitative estimate of drug-likeness (QED) is 0.231. The molecule has 8 nitrogen and oxygen atoms in total. The maximum atomic E-state index is 13.4. The first-order chi connectivity index (χ1) is 21.0. The minimum Gasteiger partial charge on any atom is -0.465 e. The Morgan fingerprint density at radius 2 is 1.55 bits per heavy atom. The zero-order valence-electron chi connectivity index (χ0n) is 23.7. The second kappa shape index (κ2) is 13.0. The predicted octanol–water partition coefficient (Wildman–Crippen LogP) is 5.98. The van der Waals surface area contributed by atoms with Gasteiger partial charge in [-0.2, -0.15) is 13.2 Å². The number of hydrogen-bond acceptors (Lipinski definition) is 4. The summed E-state index contributed by atoms with van der Waals surface area (Å²) in [6, 6.07) is 18.7. The van der Waals surface area contributed by atoms with Crippen molar-refractivity contribution < 1.29 is 37.1 Å². The SMILES string of the molecule is O=C(O)Nc1ccccc1NC(=O)c1ccc(CCCN2CC(CN(C(=O)C(F)(F)F)C3CC3c3ccc(F)cc3)C2)cc1. The van der Waals surface area contributed by atoms with Gasteiger partial charge in [-0.1, -0.05) is 36.4 Å². The molecule has 0 aromatic heterocycles. The van der Waals surface area contributed by atoms with E-state index in [0.29, 0.717) is 30.8 Å². The Labute approximate surface area is 251 Å². The third kappa shape index (κ3) is 7.73. The molecule has 1 saturated carbocycles. The number of halogens is 4. The Balaban J connectivity index is 1.06. The molecule has 3 N–H and O–H groups in total. The van der Waals surface area contributed by atoms with Crippen molar-refractivity contribution in [2.45, 2.75) is 37.4 Å². The van der Waals surface area contributed by atoms with Crippen molar-refractivity contribution in [2.75, 3.05) is 36.8 Å². The highest BCUT2D eigenvalue weighted by Crippen LogP contribution is 2.46. The van der Waals surface area contributed by atoms with Crippen LogP contribution in [0.2, 0.25) is 0 Å². The van der Waals surface area contributed by atoms with Crippen LogP contribution in [-0.4, -0.2) is 71.2 Å². The summed E-state index contributed by atoms with van der Waals surface area (Å²) < 4.78 is 53.4. The molecule has 1 heterocycles. The van der Waals surface area contributed by atoms with Crippen molar-refractivity contribution >= 4 is 29.3 Å². The fraction of sp³-hybridized carbons (Fsp3) is 0.344. The molecule has 0 spiro atoms. The van der Waals surface area contributed by atoms with E-state index in [-0.39, 0.29) is 30.0 Å². The molecule has 0 bridgehead atoms. The number of amides is 3. The number of benzene rings is 3. The molecule has 3 aromatic carbocycles. The number of nitrogens with one attached hydrogen (secondary N) is 2. The van der Waals surface area contributed by atoms with E-state index in [2.05, 4.69) is 15.5 Å². The maximum Gasteiger partial charge on any atom is 0.471 e. The van der Waals surface area contributed by atoms with Crippen LogP contribution in [0, 0.1) is 11.7 Å². The number of nitrogens with zero attached hydrogens (tertiary/aromatic N) is 2. The standard InChI is InChI=1S/C32H32F4N4O4/c33-24-13-11-22(12-14-24)25-16-28(25)40(30(42)32(34,35)36)19-21-17-39(18-21)15-3-4-20-7-9-23(10-8-20)29(41)37-26-5-1-2-6-27(26)38-31(43)44/h1-2,5-14,21,25,28,38H,3-4,15-19H2,(H,37,41)(H,43,44). The molecule has 0 radical (unpaired) electrons. The molecule has 1 aliphatic carbocycles. The van der Waals surface area contributed by atoms with Crippen LogP contribution in [0.4, 0.5) is 33.7 Å². The smallest absolute Gasteiger partial charge is 0.465 e. The van der Waals surface area contributed by atoms with Gasteiger partial charge >= 0.3 is 18.2 Å². The Bertz CT molecular complexity index is 1490. The van der Waals surface area contributed by atoms with E-state index in [1.807, 2.05) is 12.1 Å². The van der Waals surface area contributed by atoms with E-state index >= 15 is 0 Å². The fourth-order valence-electron chi connectivity index (χ4n) is 5.72. The van der Waals surface area contributed by atoms with Crippen LogP contribution in [0.5, 0.6) is 0 Å². The summed E-state index contributed by atoms with van der Waals surface area (Å²) in [5.41, 5.74) is 2.78. The summed E-state index contributed by atoms with van der Waals surface area (Å²) in [7, 11) is 0. The van der Waals surface area contributed by atoms with Gasteiger partial charge in [0.25, 0.3) is 5.91 Å². The molecule has 12 heteroatoms. The lowest BCUT2D eigenvalue weighted by Crippen LogP contribution is -2.54. The molecule has 3 aromatic rings. The lowest BCUT2D eigenvalue weighted by molar-refractivity contribution is -0.187. The summed E-state index contributed by atoms with van der Waals surface area (Å²) in [4.78, 5) is 39.0. The maximum absolute atomic E-state index is 13.4. The number of aryl methyl sites for hydroxylation is 1. The molecular weight excluding hydrogens is 580 g/mol. The molecular formula is C32H32F4N4O4. The van der Waals surface area contributed by atoms with Gasteiger partial charge in [-0.05, 0) is 73.3 Å². The first kappa shape index (κ1) is 31.0. The summed E-state index contributed by atoms with van der Waals surface area (Å²) in [5, 5.41) is 13.9. The number of anilines is 2. The van der Waals surface area contributed by atoms with Crippen molar-refractivity contribution in [1.82, 2.24) is 9.80 Å². The van der Waals surface area contributed by atoms with E-state index in [1.165, 1.54) is 12.1 Å². The number of rotatable bonds is 11. The first-order valence-electron chi connectivity index (χ1n) is 14.3. The van der Waals surface area contributed by atoms with Gasteiger partial charge in [-0.3, -0.25) is 14.9 Å². The van der Waals surface area contributed by atoms with E-state index in [1.54, 1.807) is 48.5 Å². The van der Waals surface area contributed by atoms with Crippen LogP contribution >= 0.6 is 0 Å². The lowest BCUT2D eigenvalue weighted by atomic mass is 9.98. The van der Waals surface area contributed by atoms with Gasteiger partial charge in [0.05, 0.1) is 11.4 Å². The second-order valence-electron chi connectivity index (χ2n) is 11.3. The molecule has 3 amide bonds. The third-order valence-electron chi connectivity index (χ3n) is 8.02. The fourth-order valence-corrected chi connectivity index (χ4v) is 5.72. The Hall–Kier alpha value is -4.45. The molecule has 2 atom stereocenters. The summed E-state index contributed by atoms with van der Waals surface area (Å²) >= 11 is 0. The molecule has 2 aliphatic rings. The number of para-hydroxylation sites is 2. The zero-order valence-corrected chi connectivity index (χ0v) is 23.7. The Morgan fingerprint density at radius 1 is 0.909 bits per heavy atom. The molecule has 1 saturated heterocycles. The van der Waals surface area contributed by atoms with Crippen LogP contribution in [0.15, 0.2) is 72.8 Å². The van der Waals surface area contributed by atoms with Crippen molar-refractivity contribution in [3.8, 4) is 0 Å². The average molecular weight is 613 g/mol. The molecule has 2 fully saturated rings. The minimum atomic E-state index is -4.95. The van der Waals surface area contributed by atoms with Crippen LogP contribution in [0.25, 0.3) is 0 Å². The molecule has 2 unspecified atom stereocenters. The molecule has 1 aliphatic heterocycles. The predicted molar refractivity (Wildman–Crippen MR) is 156 cm³/mol. The highest BCUT2D eigenvalue weighted by Gasteiger charge is 2.52. The first-order valence-corrected chi connectivity index (χ1v) is 14.3. The summed E-state index contributed by atoms with van der Waals surface area (Å²) in [6.07, 6.45) is -4.20. The van der Waals surface area contributed by atoms with E-state index in [9.17, 15) is 31.9 Å². The van der Waals surface area contributed by atoms with Gasteiger partial charge in [0.2, 0.25) is 0 Å². The van der Waals surface area contributed by atoms with Crippen LogP contribution in [0.3, 0.4) is 0 Å². The van der Waals surface area contributed by atoms with Crippen molar-refractivity contribution in [2.24, 2.45) is 5.92 Å². The van der Waals surface area contributed by atoms with Crippen molar-refractivity contribution in [3.63, 3.8) is 0 Å². The summed E-state index contributed by atoms with van der Waals surface area (Å²) in [6.45, 7) is 2.00. The van der Waals surface area contributed by atoms with Gasteiger partial charge < -0.3 is 20.2 Å². The van der Waals surface area contributed by atoms with Crippen molar-refractivity contribution in [1.29, 1.82) is 0 Å². The van der Waals surface area contributed by atoms with Crippen molar-refractivity contribution in [3.05, 3.63) is 95.3 Å². The van der Waals surface area contributed by atoms with E-state index in [4.69, 9.17) is 5.11 Å². The molecule has 5 rings (SSSR count). The highest BCUT2D eigenvalue weighted by atomic mass is 19.4. The van der Waals surface area contributed by atoms with E-state index < -0.39 is 30.0 Å². The molecule has 232 valence electrons. The van der Waals surface area contributed by atoms with Crippen LogP contribution in [-0.2, 0) is 11.2 Å². The summed E-state index contributed by atoms with van der Waals surface area (Å²) in [5.74, 6) is -2.89. The van der Waals surface area contributed by atoms with E-state index in [0.717, 1.165) is 35.4 Å². The Morgan fingerprint density at radius 3 is 2.16 bits per heavy atom. The molecule has 44 heavy (non-hydrogen) atoms. The van der Waals surface area contributed by atoms with Gasteiger partial charge in [0.15, 0.2) is 0 Å².